The lowest BCUT2D eigenvalue weighted by Crippen LogP contribution is -2.61. The number of benzene rings is 2. The molecule has 5 rings (SSSR count). The molecule has 0 bridgehead atoms. The van der Waals surface area contributed by atoms with Crippen molar-refractivity contribution < 1.29 is 14.1 Å². The Labute approximate surface area is 183 Å². The smallest absolute Gasteiger partial charge is 0.332 e. The number of thioether (sulfide) groups is 1. The van der Waals surface area contributed by atoms with Crippen molar-refractivity contribution in [3.63, 3.8) is 0 Å². The average molecular weight is 433 g/mol. The monoisotopic (exact) mass is 432 g/mol. The molecule has 7 nitrogen and oxygen atoms in total. The van der Waals surface area contributed by atoms with Gasteiger partial charge in [0.05, 0.1) is 11.7 Å². The van der Waals surface area contributed by atoms with Gasteiger partial charge in [-0.3, -0.25) is 4.79 Å². The highest BCUT2D eigenvalue weighted by Crippen LogP contribution is 2.37. The Balaban J connectivity index is 1.47. The molecule has 0 saturated carbocycles. The number of hydrogen-bond acceptors (Lipinski definition) is 6. The number of amides is 3. The van der Waals surface area contributed by atoms with Gasteiger partial charge in [0.15, 0.2) is 0 Å². The summed E-state index contributed by atoms with van der Waals surface area (Å²) >= 11 is 1.43. The Morgan fingerprint density at radius 3 is 2.74 bits per heavy atom. The SMILES string of the molecule is Cc1cccc(-c2noc(CN3C(=O)N(c4ccccc4C)C(=O)C4SC=CC43)n2)c1. The number of aryl methyl sites for hydroxylation is 2. The average Bonchev–Trinajstić information content (AvgIpc) is 3.42. The number of imide groups is 1. The molecule has 3 aromatic rings. The third-order valence-electron chi connectivity index (χ3n) is 5.48. The zero-order valence-electron chi connectivity index (χ0n) is 17.1. The molecule has 2 aliphatic rings. The van der Waals surface area contributed by atoms with Crippen LogP contribution in [0.1, 0.15) is 17.0 Å². The molecule has 0 aliphatic carbocycles. The maximum atomic E-state index is 13.5. The van der Waals surface area contributed by atoms with Crippen molar-refractivity contribution in [3.8, 4) is 11.4 Å². The number of fused-ring (bicyclic) bond motifs is 1. The van der Waals surface area contributed by atoms with Crippen LogP contribution in [-0.2, 0) is 11.3 Å². The third-order valence-corrected chi connectivity index (χ3v) is 6.57. The number of carbonyl (C=O) groups is 2. The molecule has 2 unspecified atom stereocenters. The third kappa shape index (κ3) is 3.42. The van der Waals surface area contributed by atoms with Crippen LogP contribution in [0.25, 0.3) is 11.4 Å². The molecular formula is C23H20N4O3S. The maximum Gasteiger partial charge on any atom is 0.332 e. The highest BCUT2D eigenvalue weighted by Gasteiger charge is 2.48. The predicted molar refractivity (Wildman–Crippen MR) is 118 cm³/mol. The van der Waals surface area contributed by atoms with Crippen molar-refractivity contribution in [1.29, 1.82) is 0 Å². The Bertz CT molecular complexity index is 1200. The molecule has 8 heteroatoms. The molecule has 0 spiro atoms. The standard InChI is InChI=1S/C23H20N4O3S/c1-14-6-5-8-16(12-14)21-24-19(30-25-21)13-26-18-10-11-31-20(18)22(28)27(23(26)29)17-9-4-3-7-15(17)2/h3-12,18,20H,13H2,1-2H3. The highest BCUT2D eigenvalue weighted by molar-refractivity contribution is 8.03. The molecule has 2 atom stereocenters. The summed E-state index contributed by atoms with van der Waals surface area (Å²) < 4.78 is 5.46. The van der Waals surface area contributed by atoms with Crippen LogP contribution in [-0.4, -0.2) is 38.3 Å². The van der Waals surface area contributed by atoms with Crippen LogP contribution in [0, 0.1) is 13.8 Å². The zero-order valence-corrected chi connectivity index (χ0v) is 17.9. The normalized spacial score (nSPS) is 20.5. The van der Waals surface area contributed by atoms with Gasteiger partial charge >= 0.3 is 6.03 Å². The molecule has 3 heterocycles. The van der Waals surface area contributed by atoms with Crippen LogP contribution in [0.2, 0.25) is 0 Å². The van der Waals surface area contributed by atoms with Crippen LogP contribution in [0.5, 0.6) is 0 Å². The summed E-state index contributed by atoms with van der Waals surface area (Å²) in [5.74, 6) is 0.595. The number of rotatable bonds is 4. The molecule has 1 fully saturated rings. The van der Waals surface area contributed by atoms with E-state index in [0.29, 0.717) is 17.4 Å². The topological polar surface area (TPSA) is 79.5 Å². The molecule has 2 aromatic carbocycles. The number of nitrogens with zero attached hydrogens (tertiary/aromatic N) is 4. The van der Waals surface area contributed by atoms with Crippen LogP contribution >= 0.6 is 11.8 Å². The Morgan fingerprint density at radius 1 is 1.10 bits per heavy atom. The summed E-state index contributed by atoms with van der Waals surface area (Å²) in [4.78, 5) is 34.0. The molecule has 0 radical (unpaired) electrons. The lowest BCUT2D eigenvalue weighted by molar-refractivity contribution is -0.119. The van der Waals surface area contributed by atoms with Crippen LogP contribution in [0.15, 0.2) is 64.5 Å². The van der Waals surface area contributed by atoms with Gasteiger partial charge in [-0.05, 0) is 37.0 Å². The first-order valence-corrected chi connectivity index (χ1v) is 10.9. The van der Waals surface area contributed by atoms with Crippen molar-refractivity contribution >= 4 is 29.4 Å². The van der Waals surface area contributed by atoms with E-state index in [9.17, 15) is 9.59 Å². The fourth-order valence-electron chi connectivity index (χ4n) is 3.92. The van der Waals surface area contributed by atoms with E-state index in [1.807, 2.05) is 67.8 Å². The summed E-state index contributed by atoms with van der Waals surface area (Å²) in [6.45, 7) is 4.01. The number of urea groups is 1. The minimum absolute atomic E-state index is 0.124. The number of aromatic nitrogens is 2. The molecule has 0 N–H and O–H groups in total. The van der Waals surface area contributed by atoms with E-state index in [1.54, 1.807) is 11.0 Å². The number of hydrogen-bond donors (Lipinski definition) is 0. The second-order valence-corrected chi connectivity index (χ2v) is 8.68. The van der Waals surface area contributed by atoms with Crippen molar-refractivity contribution in [2.24, 2.45) is 0 Å². The second-order valence-electron chi connectivity index (χ2n) is 7.63. The van der Waals surface area contributed by atoms with E-state index in [0.717, 1.165) is 16.7 Å². The predicted octanol–water partition coefficient (Wildman–Crippen LogP) is 4.32. The number of carbonyl (C=O) groups excluding carboxylic acids is 2. The summed E-state index contributed by atoms with van der Waals surface area (Å²) in [5.41, 5.74) is 3.40. The van der Waals surface area contributed by atoms with Crippen LogP contribution in [0.3, 0.4) is 0 Å². The minimum Gasteiger partial charge on any atom is -0.337 e. The molecule has 3 amide bonds. The van der Waals surface area contributed by atoms with Crippen LogP contribution < -0.4 is 4.90 Å². The van der Waals surface area contributed by atoms with Gasteiger partial charge in [-0.15, -0.1) is 11.8 Å². The molecule has 156 valence electrons. The van der Waals surface area contributed by atoms with Crippen molar-refractivity contribution in [3.05, 3.63) is 77.0 Å². The summed E-state index contributed by atoms with van der Waals surface area (Å²) in [6, 6.07) is 14.5. The Hall–Kier alpha value is -3.39. The first-order chi connectivity index (χ1) is 15.0. The second kappa shape index (κ2) is 7.70. The largest absolute Gasteiger partial charge is 0.337 e. The van der Waals surface area contributed by atoms with E-state index >= 15 is 0 Å². The van der Waals surface area contributed by atoms with Crippen molar-refractivity contribution in [1.82, 2.24) is 15.0 Å². The van der Waals surface area contributed by atoms with Gasteiger partial charge in [0.25, 0.3) is 5.91 Å². The summed E-state index contributed by atoms with van der Waals surface area (Å²) in [7, 11) is 0. The molecule has 1 aromatic heterocycles. The molecule has 2 aliphatic heterocycles. The molecule has 31 heavy (non-hydrogen) atoms. The van der Waals surface area contributed by atoms with Gasteiger partial charge in [0.2, 0.25) is 11.7 Å². The van der Waals surface area contributed by atoms with Gasteiger partial charge in [0.1, 0.15) is 11.8 Å². The fraction of sp³-hybridized carbons (Fsp3) is 0.217. The van der Waals surface area contributed by atoms with Gasteiger partial charge < -0.3 is 9.42 Å². The highest BCUT2D eigenvalue weighted by atomic mass is 32.2. The number of para-hydroxylation sites is 1. The van der Waals surface area contributed by atoms with Gasteiger partial charge in [-0.2, -0.15) is 4.98 Å². The van der Waals surface area contributed by atoms with Crippen LogP contribution in [0.4, 0.5) is 10.5 Å². The minimum atomic E-state index is -0.392. The van der Waals surface area contributed by atoms with E-state index in [2.05, 4.69) is 10.1 Å². The maximum absolute atomic E-state index is 13.5. The summed E-state index contributed by atoms with van der Waals surface area (Å²) in [5, 5.41) is 5.57. The van der Waals surface area contributed by atoms with Gasteiger partial charge in [-0.1, -0.05) is 53.2 Å². The lowest BCUT2D eigenvalue weighted by atomic mass is 10.1. The Morgan fingerprint density at radius 2 is 1.94 bits per heavy atom. The van der Waals surface area contributed by atoms with E-state index < -0.39 is 5.25 Å². The first kappa shape index (κ1) is 19.6. The summed E-state index contributed by atoms with van der Waals surface area (Å²) in [6.07, 6.45) is 1.89. The fourth-order valence-corrected chi connectivity index (χ4v) is 4.96. The van der Waals surface area contributed by atoms with E-state index in [-0.39, 0.29) is 24.5 Å². The molecule has 1 saturated heterocycles. The van der Waals surface area contributed by atoms with E-state index in [4.69, 9.17) is 4.52 Å². The number of anilines is 1. The zero-order chi connectivity index (χ0) is 21.5. The first-order valence-electron chi connectivity index (χ1n) is 9.95. The lowest BCUT2D eigenvalue weighted by Gasteiger charge is -2.40. The quantitative estimate of drug-likeness (QED) is 0.611. The molecular weight excluding hydrogens is 412 g/mol. The van der Waals surface area contributed by atoms with Gasteiger partial charge in [0, 0.05) is 5.56 Å². The van der Waals surface area contributed by atoms with Crippen molar-refractivity contribution in [2.75, 3.05) is 4.90 Å². The Kier molecular flexibility index (Phi) is 4.86. The van der Waals surface area contributed by atoms with E-state index in [1.165, 1.54) is 16.7 Å². The van der Waals surface area contributed by atoms with Crippen molar-refractivity contribution in [2.45, 2.75) is 31.7 Å². The van der Waals surface area contributed by atoms with Gasteiger partial charge in [-0.25, -0.2) is 9.69 Å².